The molecule has 0 spiro atoms. The molecule has 6 nitrogen and oxygen atoms in total. The third kappa shape index (κ3) is 5.15. The minimum atomic E-state index is -0.348. The van der Waals surface area contributed by atoms with E-state index in [1.807, 2.05) is 12.1 Å². The maximum Gasteiger partial charge on any atom is 0.269 e. The van der Waals surface area contributed by atoms with Gasteiger partial charge in [0, 0.05) is 35.6 Å². The van der Waals surface area contributed by atoms with Crippen LogP contribution in [-0.4, -0.2) is 37.1 Å². The third-order valence-electron chi connectivity index (χ3n) is 2.93. The molecule has 0 saturated carbocycles. The van der Waals surface area contributed by atoms with Crippen molar-refractivity contribution in [3.63, 3.8) is 0 Å². The lowest BCUT2D eigenvalue weighted by molar-refractivity contribution is 0.0932. The van der Waals surface area contributed by atoms with Crippen molar-refractivity contribution >= 4 is 33.4 Å². The number of anilines is 1. The summed E-state index contributed by atoms with van der Waals surface area (Å²) in [6.07, 6.45) is 1.43. The van der Waals surface area contributed by atoms with Crippen LogP contribution in [0.4, 0.5) is 5.69 Å². The Bertz CT molecular complexity index is 706. The second kappa shape index (κ2) is 8.40. The normalized spacial score (nSPS) is 10.2. The number of hydrogen-bond donors (Lipinski definition) is 2. The van der Waals surface area contributed by atoms with Gasteiger partial charge in [-0.3, -0.25) is 14.6 Å². The molecule has 0 bridgehead atoms. The number of ether oxygens (including phenoxy) is 1. The lowest BCUT2D eigenvalue weighted by Gasteiger charge is -2.07. The summed E-state index contributed by atoms with van der Waals surface area (Å²) >= 11 is 3.34. The summed E-state index contributed by atoms with van der Waals surface area (Å²) in [5, 5.41) is 5.43. The number of methoxy groups -OCH3 is 1. The molecule has 0 saturated heterocycles. The molecule has 2 rings (SSSR count). The summed E-state index contributed by atoms with van der Waals surface area (Å²) in [6.45, 7) is 0.792. The largest absolute Gasteiger partial charge is 0.383 e. The van der Waals surface area contributed by atoms with Crippen LogP contribution in [-0.2, 0) is 4.74 Å². The summed E-state index contributed by atoms with van der Waals surface area (Å²) in [7, 11) is 1.55. The lowest BCUT2D eigenvalue weighted by Crippen LogP contribution is -2.28. The first-order chi connectivity index (χ1) is 11.1. The van der Waals surface area contributed by atoms with Gasteiger partial charge < -0.3 is 15.4 Å². The summed E-state index contributed by atoms with van der Waals surface area (Å²) in [5.74, 6) is -0.657. The van der Waals surface area contributed by atoms with E-state index in [1.54, 1.807) is 25.3 Å². The Labute approximate surface area is 142 Å². The number of amides is 2. The summed E-state index contributed by atoms with van der Waals surface area (Å²) in [4.78, 5) is 28.2. The number of hydrogen-bond acceptors (Lipinski definition) is 4. The Morgan fingerprint density at radius 1 is 1.22 bits per heavy atom. The molecule has 1 heterocycles. The highest BCUT2D eigenvalue weighted by molar-refractivity contribution is 9.10. The fourth-order valence-corrected chi connectivity index (χ4v) is 2.22. The monoisotopic (exact) mass is 377 g/mol. The van der Waals surface area contributed by atoms with Gasteiger partial charge in [0.1, 0.15) is 5.69 Å². The lowest BCUT2D eigenvalue weighted by atomic mass is 10.2. The van der Waals surface area contributed by atoms with Gasteiger partial charge in [0.25, 0.3) is 11.8 Å². The van der Waals surface area contributed by atoms with Crippen molar-refractivity contribution in [1.29, 1.82) is 0 Å². The van der Waals surface area contributed by atoms with E-state index in [0.29, 0.717) is 24.4 Å². The first kappa shape index (κ1) is 17.1. The number of pyridine rings is 1. The van der Waals surface area contributed by atoms with E-state index in [0.717, 1.165) is 4.47 Å². The van der Waals surface area contributed by atoms with Gasteiger partial charge in [-0.1, -0.05) is 22.0 Å². The molecule has 0 radical (unpaired) electrons. The van der Waals surface area contributed by atoms with Gasteiger partial charge in [-0.2, -0.15) is 0 Å². The van der Waals surface area contributed by atoms with Crippen LogP contribution in [0.25, 0.3) is 0 Å². The Hall–Kier alpha value is -2.25. The topological polar surface area (TPSA) is 80.3 Å². The van der Waals surface area contributed by atoms with Crippen molar-refractivity contribution in [3.8, 4) is 0 Å². The van der Waals surface area contributed by atoms with Crippen molar-refractivity contribution in [3.05, 3.63) is 58.3 Å². The molecule has 0 aliphatic carbocycles. The molecule has 0 aliphatic rings. The van der Waals surface area contributed by atoms with Crippen LogP contribution < -0.4 is 10.6 Å². The zero-order valence-electron chi connectivity index (χ0n) is 12.5. The Balaban J connectivity index is 2.06. The van der Waals surface area contributed by atoms with Crippen LogP contribution in [0.2, 0.25) is 0 Å². The van der Waals surface area contributed by atoms with E-state index >= 15 is 0 Å². The van der Waals surface area contributed by atoms with Crippen LogP contribution in [0.5, 0.6) is 0 Å². The minimum absolute atomic E-state index is 0.183. The van der Waals surface area contributed by atoms with Gasteiger partial charge in [0.15, 0.2) is 0 Å². The van der Waals surface area contributed by atoms with E-state index in [4.69, 9.17) is 4.74 Å². The average molecular weight is 378 g/mol. The molecular weight excluding hydrogens is 362 g/mol. The number of nitrogens with zero attached hydrogens (tertiary/aromatic N) is 1. The highest BCUT2D eigenvalue weighted by Gasteiger charge is 2.12. The number of rotatable bonds is 6. The van der Waals surface area contributed by atoms with Crippen LogP contribution in [0.15, 0.2) is 47.1 Å². The van der Waals surface area contributed by atoms with Crippen molar-refractivity contribution in [2.24, 2.45) is 0 Å². The van der Waals surface area contributed by atoms with Gasteiger partial charge in [0.2, 0.25) is 0 Å². The van der Waals surface area contributed by atoms with Crippen LogP contribution in [0.3, 0.4) is 0 Å². The van der Waals surface area contributed by atoms with Crippen LogP contribution in [0.1, 0.15) is 20.8 Å². The SMILES string of the molecule is COCCNC(=O)c1cc(C(=O)Nc2cccc(Br)c2)ccn1. The van der Waals surface area contributed by atoms with E-state index in [9.17, 15) is 9.59 Å². The molecular formula is C16H16BrN3O3. The second-order valence-electron chi connectivity index (χ2n) is 4.64. The molecule has 2 aromatic rings. The number of nitrogens with one attached hydrogen (secondary N) is 2. The molecule has 2 amide bonds. The standard InChI is InChI=1S/C16H16BrN3O3/c1-23-8-7-19-16(22)14-9-11(5-6-18-14)15(21)20-13-4-2-3-12(17)10-13/h2-6,9-10H,7-8H2,1H3,(H,19,22)(H,20,21). The first-order valence-electron chi connectivity index (χ1n) is 6.90. The minimum Gasteiger partial charge on any atom is -0.383 e. The highest BCUT2D eigenvalue weighted by atomic mass is 79.9. The van der Waals surface area contributed by atoms with Crippen LogP contribution >= 0.6 is 15.9 Å². The van der Waals surface area contributed by atoms with Crippen molar-refractivity contribution in [2.45, 2.75) is 0 Å². The maximum atomic E-state index is 12.3. The van der Waals surface area contributed by atoms with Gasteiger partial charge in [0.05, 0.1) is 6.61 Å². The summed E-state index contributed by atoms with van der Waals surface area (Å²) in [6, 6.07) is 10.3. The molecule has 1 aromatic heterocycles. The van der Waals surface area contributed by atoms with Crippen molar-refractivity contribution in [2.75, 3.05) is 25.6 Å². The molecule has 0 atom stereocenters. The number of aromatic nitrogens is 1. The van der Waals surface area contributed by atoms with Gasteiger partial charge >= 0.3 is 0 Å². The Morgan fingerprint density at radius 3 is 2.78 bits per heavy atom. The molecule has 0 unspecified atom stereocenters. The zero-order valence-corrected chi connectivity index (χ0v) is 14.1. The number of halogens is 1. The molecule has 2 N–H and O–H groups in total. The fourth-order valence-electron chi connectivity index (χ4n) is 1.82. The number of carbonyl (C=O) groups excluding carboxylic acids is 2. The van der Waals surface area contributed by atoms with E-state index in [1.165, 1.54) is 12.3 Å². The van der Waals surface area contributed by atoms with Gasteiger partial charge in [-0.15, -0.1) is 0 Å². The summed E-state index contributed by atoms with van der Waals surface area (Å²) < 4.78 is 5.73. The van der Waals surface area contributed by atoms with E-state index in [2.05, 4.69) is 31.5 Å². The molecule has 0 fully saturated rings. The number of carbonyl (C=O) groups is 2. The number of benzene rings is 1. The van der Waals surface area contributed by atoms with Crippen LogP contribution in [0, 0.1) is 0 Å². The van der Waals surface area contributed by atoms with Gasteiger partial charge in [-0.05, 0) is 30.3 Å². The maximum absolute atomic E-state index is 12.3. The van der Waals surface area contributed by atoms with E-state index < -0.39 is 0 Å². The fraction of sp³-hybridized carbons (Fsp3) is 0.188. The molecule has 7 heteroatoms. The molecule has 120 valence electrons. The molecule has 23 heavy (non-hydrogen) atoms. The third-order valence-corrected chi connectivity index (χ3v) is 3.42. The van der Waals surface area contributed by atoms with Crippen molar-refractivity contribution < 1.29 is 14.3 Å². The summed E-state index contributed by atoms with van der Waals surface area (Å²) in [5.41, 5.74) is 1.20. The van der Waals surface area contributed by atoms with Crippen molar-refractivity contribution in [1.82, 2.24) is 10.3 Å². The van der Waals surface area contributed by atoms with Gasteiger partial charge in [-0.25, -0.2) is 0 Å². The Morgan fingerprint density at radius 2 is 2.04 bits per heavy atom. The quantitative estimate of drug-likeness (QED) is 0.757. The predicted octanol–water partition coefficient (Wildman–Crippen LogP) is 2.47. The predicted molar refractivity (Wildman–Crippen MR) is 90.5 cm³/mol. The molecule has 0 aliphatic heterocycles. The average Bonchev–Trinajstić information content (AvgIpc) is 2.55. The first-order valence-corrected chi connectivity index (χ1v) is 7.69. The Kier molecular flexibility index (Phi) is 6.25. The van der Waals surface area contributed by atoms with E-state index in [-0.39, 0.29) is 17.5 Å². The molecule has 1 aromatic carbocycles. The highest BCUT2D eigenvalue weighted by Crippen LogP contribution is 2.16. The smallest absolute Gasteiger partial charge is 0.269 e. The second-order valence-corrected chi connectivity index (χ2v) is 5.56. The zero-order chi connectivity index (χ0) is 16.7.